The van der Waals surface area contributed by atoms with Crippen molar-refractivity contribution in [3.8, 4) is 5.75 Å². The van der Waals surface area contributed by atoms with Crippen LogP contribution in [-0.2, 0) is 13.1 Å². The quantitative estimate of drug-likeness (QED) is 0.811. The Morgan fingerprint density at radius 1 is 1.08 bits per heavy atom. The lowest BCUT2D eigenvalue weighted by Gasteiger charge is -2.25. The Morgan fingerprint density at radius 3 is 2.44 bits per heavy atom. The van der Waals surface area contributed by atoms with Crippen LogP contribution in [0, 0.1) is 5.82 Å². The van der Waals surface area contributed by atoms with Crippen LogP contribution in [0.3, 0.4) is 0 Å². The summed E-state index contributed by atoms with van der Waals surface area (Å²) >= 11 is 0. The molecule has 6 heteroatoms. The van der Waals surface area contributed by atoms with Gasteiger partial charge in [-0.05, 0) is 49.5 Å². The zero-order chi connectivity index (χ0) is 18.2. The molecule has 0 spiro atoms. The van der Waals surface area contributed by atoms with Crippen molar-refractivity contribution in [2.45, 2.75) is 13.1 Å². The van der Waals surface area contributed by atoms with Crippen LogP contribution >= 0.6 is 0 Å². The van der Waals surface area contributed by atoms with Crippen LogP contribution in [0.15, 0.2) is 48.5 Å². The molecule has 0 aliphatic carbocycles. The number of benzene rings is 2. The maximum atomic E-state index is 12.9. The molecule has 0 saturated heterocycles. The molecule has 134 valence electrons. The summed E-state index contributed by atoms with van der Waals surface area (Å²) in [4.78, 5) is 16.2. The molecule has 0 fully saturated rings. The summed E-state index contributed by atoms with van der Waals surface area (Å²) in [7, 11) is 3.89. The third-order valence-electron chi connectivity index (χ3n) is 3.75. The Kier molecular flexibility index (Phi) is 6.77. The first-order valence-corrected chi connectivity index (χ1v) is 8.14. The average molecular weight is 345 g/mol. The van der Waals surface area contributed by atoms with Gasteiger partial charge in [0, 0.05) is 26.2 Å². The standard InChI is InChI=1S/C19H24FN3O2/c1-22(2)10-11-23(14-16-4-3-5-18(24)12-16)19(25)21-13-15-6-8-17(20)9-7-15/h3-9,12,24H,10-11,13-14H2,1-2H3,(H,21,25). The van der Waals surface area contributed by atoms with Crippen LogP contribution in [0.1, 0.15) is 11.1 Å². The van der Waals surface area contributed by atoms with Crippen molar-refractivity contribution in [2.75, 3.05) is 27.2 Å². The molecule has 2 aromatic rings. The van der Waals surface area contributed by atoms with Crippen molar-refractivity contribution >= 4 is 6.03 Å². The maximum absolute atomic E-state index is 12.9. The first kappa shape index (κ1) is 18.7. The minimum absolute atomic E-state index is 0.178. The predicted molar refractivity (Wildman–Crippen MR) is 95.7 cm³/mol. The van der Waals surface area contributed by atoms with E-state index in [0.717, 1.165) is 17.7 Å². The lowest BCUT2D eigenvalue weighted by Crippen LogP contribution is -2.42. The van der Waals surface area contributed by atoms with Gasteiger partial charge in [0.15, 0.2) is 0 Å². The van der Waals surface area contributed by atoms with E-state index in [1.165, 1.54) is 12.1 Å². The number of phenols is 1. The van der Waals surface area contributed by atoms with Crippen LogP contribution in [0.25, 0.3) is 0 Å². The van der Waals surface area contributed by atoms with Crippen molar-refractivity contribution in [3.63, 3.8) is 0 Å². The van der Waals surface area contributed by atoms with E-state index in [4.69, 9.17) is 0 Å². The van der Waals surface area contributed by atoms with E-state index < -0.39 is 0 Å². The van der Waals surface area contributed by atoms with Crippen molar-refractivity contribution < 1.29 is 14.3 Å². The molecule has 0 aromatic heterocycles. The van der Waals surface area contributed by atoms with Gasteiger partial charge in [-0.15, -0.1) is 0 Å². The molecule has 2 amide bonds. The minimum Gasteiger partial charge on any atom is -0.508 e. The molecular formula is C19H24FN3O2. The number of urea groups is 1. The normalized spacial score (nSPS) is 10.7. The second kappa shape index (κ2) is 9.03. The number of hydrogen-bond donors (Lipinski definition) is 2. The number of phenolic OH excluding ortho intramolecular Hbond substituents is 1. The molecule has 0 aliphatic rings. The Morgan fingerprint density at radius 2 is 1.80 bits per heavy atom. The molecule has 0 radical (unpaired) electrons. The highest BCUT2D eigenvalue weighted by molar-refractivity contribution is 5.74. The largest absolute Gasteiger partial charge is 0.508 e. The first-order chi connectivity index (χ1) is 11.9. The summed E-state index contributed by atoms with van der Waals surface area (Å²) in [6, 6.07) is 12.7. The molecule has 0 unspecified atom stereocenters. The van der Waals surface area contributed by atoms with Crippen LogP contribution in [0.4, 0.5) is 9.18 Å². The van der Waals surface area contributed by atoms with Crippen LogP contribution in [0.2, 0.25) is 0 Å². The molecule has 0 saturated carbocycles. The summed E-state index contributed by atoms with van der Waals surface area (Å²) in [6.45, 7) is 2.01. The van der Waals surface area contributed by atoms with E-state index >= 15 is 0 Å². The zero-order valence-electron chi connectivity index (χ0n) is 14.6. The van der Waals surface area contributed by atoms with Gasteiger partial charge in [-0.3, -0.25) is 0 Å². The van der Waals surface area contributed by atoms with E-state index in [2.05, 4.69) is 5.32 Å². The predicted octanol–water partition coefficient (Wildman–Crippen LogP) is 2.80. The Balaban J connectivity index is 2.00. The summed E-state index contributed by atoms with van der Waals surface area (Å²) < 4.78 is 12.9. The lowest BCUT2D eigenvalue weighted by molar-refractivity contribution is 0.188. The molecule has 2 aromatic carbocycles. The number of nitrogens with zero attached hydrogens (tertiary/aromatic N) is 2. The Hall–Kier alpha value is -2.60. The van der Waals surface area contributed by atoms with E-state index in [-0.39, 0.29) is 17.6 Å². The average Bonchev–Trinajstić information content (AvgIpc) is 2.57. The number of carbonyl (C=O) groups excluding carboxylic acids is 1. The summed E-state index contributed by atoms with van der Waals surface area (Å²) in [6.07, 6.45) is 0. The van der Waals surface area contributed by atoms with Gasteiger partial charge in [-0.1, -0.05) is 24.3 Å². The van der Waals surface area contributed by atoms with Gasteiger partial charge >= 0.3 is 6.03 Å². The number of likely N-dealkylation sites (N-methyl/N-ethyl adjacent to an activating group) is 1. The molecule has 0 aliphatic heterocycles. The topological polar surface area (TPSA) is 55.8 Å². The second-order valence-corrected chi connectivity index (χ2v) is 6.18. The molecule has 25 heavy (non-hydrogen) atoms. The third-order valence-corrected chi connectivity index (χ3v) is 3.75. The summed E-state index contributed by atoms with van der Waals surface area (Å²) in [5.41, 5.74) is 1.69. The van der Waals surface area contributed by atoms with Crippen molar-refractivity contribution in [1.29, 1.82) is 0 Å². The number of aromatic hydroxyl groups is 1. The SMILES string of the molecule is CN(C)CCN(Cc1cccc(O)c1)C(=O)NCc1ccc(F)cc1. The number of nitrogens with one attached hydrogen (secondary N) is 1. The second-order valence-electron chi connectivity index (χ2n) is 6.18. The molecule has 0 bridgehead atoms. The molecule has 5 nitrogen and oxygen atoms in total. The van der Waals surface area contributed by atoms with E-state index in [1.807, 2.05) is 25.1 Å². The molecular weight excluding hydrogens is 321 g/mol. The van der Waals surface area contributed by atoms with Crippen molar-refractivity contribution in [2.24, 2.45) is 0 Å². The number of halogens is 1. The van der Waals surface area contributed by atoms with Crippen LogP contribution in [0.5, 0.6) is 5.75 Å². The van der Waals surface area contributed by atoms with Gasteiger partial charge in [-0.2, -0.15) is 0 Å². The summed E-state index contributed by atoms with van der Waals surface area (Å²) in [5.74, 6) is -0.122. The fourth-order valence-electron chi connectivity index (χ4n) is 2.34. The maximum Gasteiger partial charge on any atom is 0.318 e. The van der Waals surface area contributed by atoms with Gasteiger partial charge < -0.3 is 20.2 Å². The van der Waals surface area contributed by atoms with Gasteiger partial charge in [0.25, 0.3) is 0 Å². The fraction of sp³-hybridized carbons (Fsp3) is 0.316. The number of hydrogen-bond acceptors (Lipinski definition) is 3. The van der Waals surface area contributed by atoms with Crippen molar-refractivity contribution in [3.05, 3.63) is 65.5 Å². The Labute approximate surface area is 147 Å². The zero-order valence-corrected chi connectivity index (χ0v) is 14.6. The van der Waals surface area contributed by atoms with Crippen LogP contribution in [-0.4, -0.2) is 48.1 Å². The molecule has 0 atom stereocenters. The minimum atomic E-state index is -0.299. The highest BCUT2D eigenvalue weighted by Gasteiger charge is 2.14. The van der Waals surface area contributed by atoms with Gasteiger partial charge in [0.05, 0.1) is 0 Å². The first-order valence-electron chi connectivity index (χ1n) is 8.14. The highest BCUT2D eigenvalue weighted by Crippen LogP contribution is 2.13. The molecule has 2 N–H and O–H groups in total. The third kappa shape index (κ3) is 6.43. The number of rotatable bonds is 7. The van der Waals surface area contributed by atoms with E-state index in [9.17, 15) is 14.3 Å². The summed E-state index contributed by atoms with van der Waals surface area (Å²) in [5, 5.41) is 12.5. The van der Waals surface area contributed by atoms with Gasteiger partial charge in [0.2, 0.25) is 0 Å². The number of carbonyl (C=O) groups is 1. The molecule has 0 heterocycles. The van der Waals surface area contributed by atoms with Gasteiger partial charge in [0.1, 0.15) is 11.6 Å². The smallest absolute Gasteiger partial charge is 0.318 e. The van der Waals surface area contributed by atoms with E-state index in [0.29, 0.717) is 19.6 Å². The number of amides is 2. The van der Waals surface area contributed by atoms with Crippen molar-refractivity contribution in [1.82, 2.24) is 15.1 Å². The van der Waals surface area contributed by atoms with E-state index in [1.54, 1.807) is 35.2 Å². The molecule has 2 rings (SSSR count). The fourth-order valence-corrected chi connectivity index (χ4v) is 2.34. The van der Waals surface area contributed by atoms with Crippen LogP contribution < -0.4 is 5.32 Å². The Bertz CT molecular complexity index is 689. The highest BCUT2D eigenvalue weighted by atomic mass is 19.1. The van der Waals surface area contributed by atoms with Gasteiger partial charge in [-0.25, -0.2) is 9.18 Å². The monoisotopic (exact) mass is 345 g/mol. The lowest BCUT2D eigenvalue weighted by atomic mass is 10.2.